The van der Waals surface area contributed by atoms with Gasteiger partial charge in [-0.1, -0.05) is 12.1 Å². The molecule has 2 N–H and O–H groups in total. The quantitative estimate of drug-likeness (QED) is 0.808. The van der Waals surface area contributed by atoms with E-state index in [9.17, 15) is 9.18 Å². The molecule has 1 saturated carbocycles. The zero-order valence-corrected chi connectivity index (χ0v) is 16.8. The Morgan fingerprint density at radius 1 is 1.30 bits per heavy atom. The highest BCUT2D eigenvalue weighted by Gasteiger charge is 2.57. The summed E-state index contributed by atoms with van der Waals surface area (Å²) in [6, 6.07) is 5.89. The van der Waals surface area contributed by atoms with Crippen LogP contribution < -0.4 is 10.6 Å². The molecule has 2 aromatic rings. The zero-order valence-electron chi connectivity index (χ0n) is 15.2. The molecule has 0 radical (unpaired) electrons. The topological polar surface area (TPSA) is 59.0 Å². The van der Waals surface area contributed by atoms with Gasteiger partial charge in [0, 0.05) is 25.4 Å². The van der Waals surface area contributed by atoms with Crippen molar-refractivity contribution in [1.82, 2.24) is 20.2 Å². The summed E-state index contributed by atoms with van der Waals surface area (Å²) in [6.45, 7) is 1.98. The van der Waals surface area contributed by atoms with Gasteiger partial charge >= 0.3 is 0 Å². The van der Waals surface area contributed by atoms with E-state index in [0.717, 1.165) is 43.7 Å². The first-order valence-corrected chi connectivity index (χ1v) is 8.83. The lowest BCUT2D eigenvalue weighted by atomic mass is 9.91. The Kier molecular flexibility index (Phi) is 6.89. The van der Waals surface area contributed by atoms with Crippen molar-refractivity contribution in [3.63, 3.8) is 0 Å². The Morgan fingerprint density at radius 3 is 2.56 bits per heavy atom. The van der Waals surface area contributed by atoms with Gasteiger partial charge in [-0.25, -0.2) is 9.37 Å². The fourth-order valence-corrected chi connectivity index (χ4v) is 4.05. The van der Waals surface area contributed by atoms with Crippen LogP contribution >= 0.6 is 24.8 Å². The number of hydrogen-bond acceptors (Lipinski definition) is 3. The monoisotopic (exact) mass is 414 g/mol. The molecule has 2 heterocycles. The smallest absolute Gasteiger partial charge is 0.224 e. The van der Waals surface area contributed by atoms with E-state index in [-0.39, 0.29) is 53.9 Å². The molecule has 1 saturated heterocycles. The maximum absolute atomic E-state index is 13.3. The highest BCUT2D eigenvalue weighted by molar-refractivity contribution is 5.85. The van der Waals surface area contributed by atoms with E-state index >= 15 is 0 Å². The maximum atomic E-state index is 13.3. The summed E-state index contributed by atoms with van der Waals surface area (Å²) in [4.78, 5) is 17.3. The third-order valence-corrected chi connectivity index (χ3v) is 5.71. The molecular weight excluding hydrogens is 390 g/mol. The number of halogens is 3. The number of aromatic nitrogens is 2. The largest absolute Gasteiger partial charge is 0.342 e. The number of carbonyl (C=O) groups excluding carboxylic acids is 1. The molecule has 2 unspecified atom stereocenters. The Bertz CT molecular complexity index is 774. The summed E-state index contributed by atoms with van der Waals surface area (Å²) in [5.74, 6) is 0.626. The van der Waals surface area contributed by atoms with Crippen LogP contribution in [0.4, 0.5) is 4.39 Å². The van der Waals surface area contributed by atoms with Crippen molar-refractivity contribution in [3.05, 3.63) is 53.9 Å². The van der Waals surface area contributed by atoms with E-state index in [4.69, 9.17) is 0 Å². The normalized spacial score (nSPS) is 20.9. The molecule has 0 bridgehead atoms. The molecular formula is C19H25Cl2FN4O. The minimum atomic E-state index is -0.368. The lowest BCUT2D eigenvalue weighted by molar-refractivity contribution is -0.123. The summed E-state index contributed by atoms with van der Waals surface area (Å²) < 4.78 is 15.2. The lowest BCUT2D eigenvalue weighted by Crippen LogP contribution is -2.36. The minimum absolute atomic E-state index is 0. The van der Waals surface area contributed by atoms with Crippen LogP contribution in [-0.2, 0) is 11.8 Å². The zero-order chi connectivity index (χ0) is 17.4. The van der Waals surface area contributed by atoms with Crippen molar-refractivity contribution < 1.29 is 9.18 Å². The van der Waals surface area contributed by atoms with Crippen molar-refractivity contribution in [2.45, 2.75) is 25.3 Å². The van der Waals surface area contributed by atoms with Crippen molar-refractivity contribution in [2.24, 2.45) is 18.4 Å². The van der Waals surface area contributed by atoms with Gasteiger partial charge in [0.2, 0.25) is 5.91 Å². The van der Waals surface area contributed by atoms with Crippen LogP contribution in [0.3, 0.4) is 0 Å². The van der Waals surface area contributed by atoms with Gasteiger partial charge in [0.25, 0.3) is 0 Å². The summed E-state index contributed by atoms with van der Waals surface area (Å²) in [5.41, 5.74) is 1.02. The Morgan fingerprint density at radius 2 is 1.96 bits per heavy atom. The minimum Gasteiger partial charge on any atom is -0.342 e. The number of nitrogens with one attached hydrogen (secondary N) is 2. The van der Waals surface area contributed by atoms with Gasteiger partial charge in [-0.15, -0.1) is 24.8 Å². The van der Waals surface area contributed by atoms with E-state index in [0.29, 0.717) is 0 Å². The van der Waals surface area contributed by atoms with Crippen LogP contribution in [0.2, 0.25) is 0 Å². The molecule has 1 spiro atoms. The number of hydrogen-bond donors (Lipinski definition) is 2. The second kappa shape index (κ2) is 8.59. The van der Waals surface area contributed by atoms with Crippen molar-refractivity contribution in [1.29, 1.82) is 0 Å². The summed E-state index contributed by atoms with van der Waals surface area (Å²) in [7, 11) is 1.90. The Labute approximate surface area is 170 Å². The fourth-order valence-electron chi connectivity index (χ4n) is 4.05. The number of amides is 1. The highest BCUT2D eigenvalue weighted by Crippen LogP contribution is 2.58. The molecule has 2 atom stereocenters. The second-order valence-electron chi connectivity index (χ2n) is 7.26. The van der Waals surface area contributed by atoms with Crippen LogP contribution in [0.25, 0.3) is 0 Å². The molecule has 1 aliphatic carbocycles. The third-order valence-electron chi connectivity index (χ3n) is 5.71. The van der Waals surface area contributed by atoms with Gasteiger partial charge in [-0.05, 0) is 55.5 Å². The van der Waals surface area contributed by atoms with Crippen LogP contribution in [0.1, 0.15) is 36.7 Å². The van der Waals surface area contributed by atoms with E-state index in [1.807, 2.05) is 17.8 Å². The summed E-state index contributed by atoms with van der Waals surface area (Å²) in [5, 5.41) is 6.53. The first-order valence-electron chi connectivity index (χ1n) is 8.83. The molecule has 1 aromatic heterocycles. The van der Waals surface area contributed by atoms with Crippen LogP contribution in [-0.4, -0.2) is 28.5 Å². The molecule has 27 heavy (non-hydrogen) atoms. The van der Waals surface area contributed by atoms with E-state index < -0.39 is 0 Å². The van der Waals surface area contributed by atoms with Gasteiger partial charge in [0.1, 0.15) is 17.7 Å². The van der Waals surface area contributed by atoms with Gasteiger partial charge in [-0.2, -0.15) is 0 Å². The van der Waals surface area contributed by atoms with E-state index in [1.54, 1.807) is 18.3 Å². The number of carbonyl (C=O) groups is 1. The highest BCUT2D eigenvalue weighted by atomic mass is 35.5. The number of rotatable bonds is 4. The number of benzene rings is 1. The molecule has 1 amide bonds. The average molecular weight is 415 g/mol. The Hall–Kier alpha value is -1.63. The molecule has 8 heteroatoms. The molecule has 4 rings (SSSR count). The molecule has 1 aromatic carbocycles. The van der Waals surface area contributed by atoms with Gasteiger partial charge in [0.05, 0.1) is 0 Å². The van der Waals surface area contributed by atoms with Crippen LogP contribution in [0.15, 0.2) is 36.7 Å². The number of nitrogens with zero attached hydrogens (tertiary/aromatic N) is 2. The molecule has 2 aliphatic rings. The SMILES string of the molecule is Cl.Cl.Cn1ccnc1C(NC(=O)C1CC12CCNCC2)c1ccc(F)cc1. The molecule has 5 nitrogen and oxygen atoms in total. The number of aryl methyl sites for hydroxylation is 1. The van der Waals surface area contributed by atoms with Crippen LogP contribution in [0.5, 0.6) is 0 Å². The number of imidazole rings is 1. The Balaban J connectivity index is 0.00000131. The maximum Gasteiger partial charge on any atom is 0.224 e. The van der Waals surface area contributed by atoms with Gasteiger partial charge in [-0.3, -0.25) is 4.79 Å². The fraction of sp³-hybridized carbons (Fsp3) is 0.474. The van der Waals surface area contributed by atoms with Gasteiger partial charge in [0.15, 0.2) is 0 Å². The molecule has 2 fully saturated rings. The lowest BCUT2D eigenvalue weighted by Gasteiger charge is -2.24. The first kappa shape index (κ1) is 21.7. The number of piperidine rings is 1. The predicted molar refractivity (Wildman–Crippen MR) is 107 cm³/mol. The van der Waals surface area contributed by atoms with Crippen molar-refractivity contribution in [2.75, 3.05) is 13.1 Å². The van der Waals surface area contributed by atoms with Crippen molar-refractivity contribution in [3.8, 4) is 0 Å². The van der Waals surface area contributed by atoms with E-state index in [1.165, 1.54) is 12.1 Å². The van der Waals surface area contributed by atoms with E-state index in [2.05, 4.69) is 15.6 Å². The predicted octanol–water partition coefficient (Wildman–Crippen LogP) is 3.00. The standard InChI is InChI=1S/C19H23FN4O.2ClH/c1-24-11-10-22-17(24)16(13-2-4-14(20)5-3-13)23-18(25)15-12-19(15)6-8-21-9-7-19;;/h2-5,10-11,15-16,21H,6-9,12H2,1H3,(H,23,25);2*1H. The molecule has 1 aliphatic heterocycles. The van der Waals surface area contributed by atoms with Crippen molar-refractivity contribution >= 4 is 30.7 Å². The second-order valence-corrected chi connectivity index (χ2v) is 7.26. The first-order chi connectivity index (χ1) is 12.1. The average Bonchev–Trinajstić information content (AvgIpc) is 3.13. The van der Waals surface area contributed by atoms with Gasteiger partial charge < -0.3 is 15.2 Å². The summed E-state index contributed by atoms with van der Waals surface area (Å²) >= 11 is 0. The third kappa shape index (κ3) is 4.28. The van der Waals surface area contributed by atoms with Crippen LogP contribution in [0, 0.1) is 17.2 Å². The summed E-state index contributed by atoms with van der Waals surface area (Å²) in [6.07, 6.45) is 6.66. The molecule has 148 valence electrons.